The first-order chi connectivity index (χ1) is 15.3. The van der Waals surface area contributed by atoms with Crippen LogP contribution in [0.1, 0.15) is 37.3 Å². The summed E-state index contributed by atoms with van der Waals surface area (Å²) < 4.78 is 37.7. The average molecular weight is 461 g/mol. The van der Waals surface area contributed by atoms with Gasteiger partial charge in [0.15, 0.2) is 9.84 Å². The minimum atomic E-state index is -3.46. The van der Waals surface area contributed by atoms with E-state index in [1.165, 1.54) is 12.1 Å². The zero-order chi connectivity index (χ0) is 22.9. The van der Waals surface area contributed by atoms with Gasteiger partial charge in [-0.25, -0.2) is 22.8 Å². The Balaban J connectivity index is 1.35. The average Bonchev–Trinajstić information content (AvgIpc) is 3.14. The fourth-order valence-electron chi connectivity index (χ4n) is 4.58. The van der Waals surface area contributed by atoms with Crippen LogP contribution in [0.15, 0.2) is 35.5 Å². The van der Waals surface area contributed by atoms with E-state index in [9.17, 15) is 17.6 Å². The summed E-state index contributed by atoms with van der Waals surface area (Å²) >= 11 is 0. The highest BCUT2D eigenvalue weighted by atomic mass is 32.2. The van der Waals surface area contributed by atoms with Crippen LogP contribution in [0.3, 0.4) is 0 Å². The molecule has 1 aromatic carbocycles. The summed E-state index contributed by atoms with van der Waals surface area (Å²) in [7, 11) is -3.46. The molecule has 2 saturated heterocycles. The van der Waals surface area contributed by atoms with E-state index in [2.05, 4.69) is 21.8 Å². The fourth-order valence-corrected chi connectivity index (χ4v) is 5.21. The Morgan fingerprint density at radius 1 is 1.09 bits per heavy atom. The van der Waals surface area contributed by atoms with Gasteiger partial charge >= 0.3 is 0 Å². The minimum absolute atomic E-state index is 0.0433. The third-order valence-electron chi connectivity index (χ3n) is 6.56. The van der Waals surface area contributed by atoms with Gasteiger partial charge < -0.3 is 9.80 Å². The summed E-state index contributed by atoms with van der Waals surface area (Å²) in [6.45, 7) is 4.35. The van der Waals surface area contributed by atoms with Crippen molar-refractivity contribution in [3.8, 4) is 0 Å². The molecule has 1 aromatic heterocycles. The van der Waals surface area contributed by atoms with Crippen molar-refractivity contribution in [3.63, 3.8) is 0 Å². The van der Waals surface area contributed by atoms with Crippen LogP contribution in [-0.4, -0.2) is 61.1 Å². The molecule has 4 rings (SSSR count). The summed E-state index contributed by atoms with van der Waals surface area (Å²) in [5.41, 5.74) is 1.50. The highest BCUT2D eigenvalue weighted by Gasteiger charge is 2.37. The molecule has 0 aliphatic carbocycles. The second-order valence-corrected chi connectivity index (χ2v) is 10.7. The summed E-state index contributed by atoms with van der Waals surface area (Å²) in [6.07, 6.45) is 8.39. The van der Waals surface area contributed by atoms with Gasteiger partial charge in [-0.3, -0.25) is 4.79 Å². The molecule has 0 bridgehead atoms. The van der Waals surface area contributed by atoms with Gasteiger partial charge in [-0.05, 0) is 55.4 Å². The second kappa shape index (κ2) is 9.13. The van der Waals surface area contributed by atoms with Crippen LogP contribution in [-0.2, 0) is 27.5 Å². The van der Waals surface area contributed by atoms with Gasteiger partial charge in [-0.1, -0.05) is 13.0 Å². The number of rotatable bonds is 6. The molecule has 3 heterocycles. The first kappa shape index (κ1) is 22.6. The van der Waals surface area contributed by atoms with Gasteiger partial charge in [0.2, 0.25) is 11.9 Å². The van der Waals surface area contributed by atoms with Crippen LogP contribution in [0, 0.1) is 11.7 Å². The normalized spacial score (nSPS) is 20.2. The van der Waals surface area contributed by atoms with E-state index in [1.54, 1.807) is 0 Å². The number of hydrogen-bond acceptors (Lipinski definition) is 6. The summed E-state index contributed by atoms with van der Waals surface area (Å²) in [5.74, 6) is -0.0315. The number of carbonyl (C=O) groups excluding carboxylic acids is 1. The molecule has 0 radical (unpaired) electrons. The Morgan fingerprint density at radius 3 is 2.38 bits per heavy atom. The number of benzene rings is 1. The molecular formula is C23H29FN4O3S. The molecule has 0 saturated carbocycles. The number of nitrogens with zero attached hydrogens (tertiary/aromatic N) is 4. The SMILES string of the molecule is CCc1cnc(N2CCC(N3CC[C@H](Cc4ccc(S(C)(=O)=O)cc4F)C3=O)CC2)nc1. The third-order valence-corrected chi connectivity index (χ3v) is 7.67. The maximum Gasteiger partial charge on any atom is 0.226 e. The van der Waals surface area contributed by atoms with Crippen LogP contribution in [0.4, 0.5) is 10.3 Å². The van der Waals surface area contributed by atoms with Gasteiger partial charge in [-0.15, -0.1) is 0 Å². The van der Waals surface area contributed by atoms with Crippen molar-refractivity contribution in [3.05, 3.63) is 47.5 Å². The number of piperidine rings is 1. The molecule has 2 aromatic rings. The Hall–Kier alpha value is -2.55. The maximum atomic E-state index is 14.5. The third kappa shape index (κ3) is 4.77. The number of anilines is 1. The van der Waals surface area contributed by atoms with Gasteiger partial charge in [0.1, 0.15) is 5.82 Å². The molecule has 2 fully saturated rings. The molecular weight excluding hydrogens is 431 g/mol. The Kier molecular flexibility index (Phi) is 6.46. The topological polar surface area (TPSA) is 83.5 Å². The molecule has 9 heteroatoms. The number of carbonyl (C=O) groups is 1. The number of aryl methyl sites for hydroxylation is 1. The second-order valence-electron chi connectivity index (χ2n) is 8.71. The summed E-state index contributed by atoms with van der Waals surface area (Å²) in [4.78, 5) is 26.0. The molecule has 32 heavy (non-hydrogen) atoms. The van der Waals surface area contributed by atoms with E-state index in [4.69, 9.17) is 0 Å². The fraction of sp³-hybridized carbons (Fsp3) is 0.522. The summed E-state index contributed by atoms with van der Waals surface area (Å²) in [6, 6.07) is 4.13. The van der Waals surface area contributed by atoms with Gasteiger partial charge in [0.05, 0.1) is 4.90 Å². The lowest BCUT2D eigenvalue weighted by molar-refractivity contribution is -0.133. The molecule has 2 aliphatic rings. The van der Waals surface area contributed by atoms with E-state index < -0.39 is 15.7 Å². The monoisotopic (exact) mass is 460 g/mol. The van der Waals surface area contributed by atoms with Crippen molar-refractivity contribution in [2.45, 2.75) is 50.0 Å². The standard InChI is InChI=1S/C23H29FN4O3S/c1-3-16-14-25-23(26-15-16)27-9-7-19(8-10-27)28-11-6-18(22(28)29)12-17-4-5-20(13-21(17)24)32(2,30)31/h4-5,13-15,18-19H,3,6-12H2,1-2H3/t18-/m1/s1. The Bertz CT molecular complexity index is 1080. The van der Waals surface area contributed by atoms with Crippen molar-refractivity contribution >= 4 is 21.7 Å². The Morgan fingerprint density at radius 2 is 1.78 bits per heavy atom. The first-order valence-corrected chi connectivity index (χ1v) is 13.0. The lowest BCUT2D eigenvalue weighted by Crippen LogP contribution is -2.46. The van der Waals surface area contributed by atoms with Crippen molar-refractivity contribution in [2.24, 2.45) is 5.92 Å². The van der Waals surface area contributed by atoms with Gasteiger partial charge in [0.25, 0.3) is 0 Å². The van der Waals surface area contributed by atoms with E-state index in [1.807, 2.05) is 17.3 Å². The molecule has 1 amide bonds. The quantitative estimate of drug-likeness (QED) is 0.659. The molecule has 0 unspecified atom stereocenters. The maximum absolute atomic E-state index is 14.5. The lowest BCUT2D eigenvalue weighted by Gasteiger charge is -2.36. The van der Waals surface area contributed by atoms with Crippen molar-refractivity contribution in [1.29, 1.82) is 0 Å². The van der Waals surface area contributed by atoms with Crippen molar-refractivity contribution in [1.82, 2.24) is 14.9 Å². The van der Waals surface area contributed by atoms with Crippen LogP contribution in [0.25, 0.3) is 0 Å². The number of amides is 1. The molecule has 0 spiro atoms. The van der Waals surface area contributed by atoms with Crippen molar-refractivity contribution in [2.75, 3.05) is 30.8 Å². The molecule has 7 nitrogen and oxygen atoms in total. The molecule has 1 atom stereocenters. The number of sulfone groups is 1. The molecule has 2 aliphatic heterocycles. The number of hydrogen-bond donors (Lipinski definition) is 0. The highest BCUT2D eigenvalue weighted by molar-refractivity contribution is 7.90. The van der Waals surface area contributed by atoms with Gasteiger partial charge in [0, 0.05) is 50.2 Å². The lowest BCUT2D eigenvalue weighted by atomic mass is 9.97. The van der Waals surface area contributed by atoms with Crippen molar-refractivity contribution < 1.29 is 17.6 Å². The first-order valence-electron chi connectivity index (χ1n) is 11.1. The van der Waals surface area contributed by atoms with Crippen LogP contribution in [0.5, 0.6) is 0 Å². The largest absolute Gasteiger partial charge is 0.341 e. The highest BCUT2D eigenvalue weighted by Crippen LogP contribution is 2.29. The van der Waals surface area contributed by atoms with E-state index >= 15 is 0 Å². The number of likely N-dealkylation sites (tertiary alicyclic amines) is 1. The molecule has 0 N–H and O–H groups in total. The van der Waals surface area contributed by atoms with Crippen LogP contribution in [0.2, 0.25) is 0 Å². The van der Waals surface area contributed by atoms with Crippen LogP contribution >= 0.6 is 0 Å². The van der Waals surface area contributed by atoms with Gasteiger partial charge in [-0.2, -0.15) is 0 Å². The smallest absolute Gasteiger partial charge is 0.226 e. The molecule has 172 valence electrons. The number of aromatic nitrogens is 2. The minimum Gasteiger partial charge on any atom is -0.341 e. The van der Waals surface area contributed by atoms with Crippen LogP contribution < -0.4 is 4.90 Å². The Labute approximate surface area is 188 Å². The predicted molar refractivity (Wildman–Crippen MR) is 120 cm³/mol. The zero-order valence-electron chi connectivity index (χ0n) is 18.5. The predicted octanol–water partition coefficient (Wildman–Crippen LogP) is 2.64. The number of halogens is 1. The van der Waals surface area contributed by atoms with E-state index in [0.29, 0.717) is 24.9 Å². The zero-order valence-corrected chi connectivity index (χ0v) is 19.3. The van der Waals surface area contributed by atoms with E-state index in [-0.39, 0.29) is 22.8 Å². The summed E-state index contributed by atoms with van der Waals surface area (Å²) in [5, 5.41) is 0. The van der Waals surface area contributed by atoms with E-state index in [0.717, 1.165) is 56.2 Å².